The van der Waals surface area contributed by atoms with Gasteiger partial charge in [0.2, 0.25) is 0 Å². The van der Waals surface area contributed by atoms with Crippen molar-refractivity contribution in [2.24, 2.45) is 0 Å². The summed E-state index contributed by atoms with van der Waals surface area (Å²) < 4.78 is 12.8. The van der Waals surface area contributed by atoms with E-state index in [9.17, 15) is 4.39 Å². The summed E-state index contributed by atoms with van der Waals surface area (Å²) in [5.74, 6) is -0.476. The summed E-state index contributed by atoms with van der Waals surface area (Å²) in [5, 5.41) is 8.50. The van der Waals surface area contributed by atoms with E-state index in [0.717, 1.165) is 0 Å². The highest BCUT2D eigenvalue weighted by Gasteiger charge is 2.07. The maximum Gasteiger partial charge on any atom is 0.138 e. The average molecular weight is 215 g/mol. The molecule has 0 fully saturated rings. The van der Waals surface area contributed by atoms with E-state index in [1.807, 2.05) is 0 Å². The molecule has 4 heteroatoms. The number of halogens is 2. The van der Waals surface area contributed by atoms with Crippen LogP contribution >= 0.6 is 15.9 Å². The van der Waals surface area contributed by atoms with Gasteiger partial charge in [0.15, 0.2) is 0 Å². The van der Waals surface area contributed by atoms with Crippen LogP contribution in [-0.2, 0) is 0 Å². The molecule has 1 aromatic rings. The minimum atomic E-state index is -0.476. The quantitative estimate of drug-likeness (QED) is 0.673. The van der Waals surface area contributed by atoms with E-state index in [1.165, 1.54) is 12.1 Å². The van der Waals surface area contributed by atoms with Crippen LogP contribution in [0, 0.1) is 17.1 Å². The Morgan fingerprint density at radius 2 is 2.18 bits per heavy atom. The zero-order valence-corrected chi connectivity index (χ0v) is 7.02. The van der Waals surface area contributed by atoms with Gasteiger partial charge in [-0.15, -0.1) is 0 Å². The predicted molar refractivity (Wildman–Crippen MR) is 43.2 cm³/mol. The van der Waals surface area contributed by atoms with Crippen LogP contribution in [0.4, 0.5) is 10.1 Å². The van der Waals surface area contributed by atoms with Crippen molar-refractivity contribution < 1.29 is 4.39 Å². The Labute approximate surface area is 71.6 Å². The molecule has 0 aliphatic carbocycles. The standard InChI is InChI=1S/C7H4BrFN2/c8-7-4(3-10)6(11)2-1-5(7)9/h1-2H,11H2. The van der Waals surface area contributed by atoms with Gasteiger partial charge in [-0.25, -0.2) is 4.39 Å². The smallest absolute Gasteiger partial charge is 0.138 e. The summed E-state index contributed by atoms with van der Waals surface area (Å²) in [6.07, 6.45) is 0. The van der Waals surface area contributed by atoms with E-state index in [2.05, 4.69) is 15.9 Å². The Hall–Kier alpha value is -1.08. The van der Waals surface area contributed by atoms with Gasteiger partial charge < -0.3 is 5.73 Å². The molecule has 2 nitrogen and oxygen atoms in total. The first-order chi connectivity index (χ1) is 5.16. The maximum atomic E-state index is 12.7. The predicted octanol–water partition coefficient (Wildman–Crippen LogP) is 2.04. The van der Waals surface area contributed by atoms with E-state index in [0.29, 0.717) is 0 Å². The third-order valence-corrected chi connectivity index (χ3v) is 2.01. The van der Waals surface area contributed by atoms with Crippen LogP contribution in [0.25, 0.3) is 0 Å². The number of anilines is 1. The molecule has 56 valence electrons. The Kier molecular flexibility index (Phi) is 2.11. The second kappa shape index (κ2) is 2.89. The van der Waals surface area contributed by atoms with E-state index in [1.54, 1.807) is 6.07 Å². The minimum Gasteiger partial charge on any atom is -0.398 e. The van der Waals surface area contributed by atoms with Crippen molar-refractivity contribution in [2.45, 2.75) is 0 Å². The van der Waals surface area contributed by atoms with Crippen molar-refractivity contribution in [3.8, 4) is 6.07 Å². The molecule has 0 bridgehead atoms. The van der Waals surface area contributed by atoms with Crippen LogP contribution < -0.4 is 5.73 Å². The fourth-order valence-electron chi connectivity index (χ4n) is 0.679. The molecule has 0 radical (unpaired) electrons. The summed E-state index contributed by atoms with van der Waals surface area (Å²) in [4.78, 5) is 0. The van der Waals surface area contributed by atoms with Crippen LogP contribution in [0.3, 0.4) is 0 Å². The Morgan fingerprint density at radius 3 is 2.64 bits per heavy atom. The number of nitrogens with two attached hydrogens (primary N) is 1. The molecule has 0 atom stereocenters. The third kappa shape index (κ3) is 1.33. The summed E-state index contributed by atoms with van der Waals surface area (Å²) in [7, 11) is 0. The van der Waals surface area contributed by atoms with Crippen LogP contribution in [0.5, 0.6) is 0 Å². The molecular weight excluding hydrogens is 211 g/mol. The normalized spacial score (nSPS) is 9.18. The topological polar surface area (TPSA) is 49.8 Å². The van der Waals surface area contributed by atoms with Crippen molar-refractivity contribution in [1.82, 2.24) is 0 Å². The SMILES string of the molecule is N#Cc1c(N)ccc(F)c1Br. The number of hydrogen-bond acceptors (Lipinski definition) is 2. The molecule has 0 unspecified atom stereocenters. The molecule has 2 N–H and O–H groups in total. The van der Waals surface area contributed by atoms with Gasteiger partial charge in [-0.2, -0.15) is 5.26 Å². The summed E-state index contributed by atoms with van der Waals surface area (Å²) >= 11 is 2.91. The highest BCUT2D eigenvalue weighted by atomic mass is 79.9. The lowest BCUT2D eigenvalue weighted by molar-refractivity contribution is 0.621. The third-order valence-electron chi connectivity index (χ3n) is 1.24. The molecular formula is C7H4BrFN2. The van der Waals surface area contributed by atoms with Crippen LogP contribution in [0.15, 0.2) is 16.6 Å². The molecule has 0 heterocycles. The van der Waals surface area contributed by atoms with Gasteiger partial charge in [-0.3, -0.25) is 0 Å². The van der Waals surface area contributed by atoms with Crippen molar-refractivity contribution in [2.75, 3.05) is 5.73 Å². The van der Waals surface area contributed by atoms with Crippen molar-refractivity contribution in [3.05, 3.63) is 28.0 Å². The number of nitrogen functional groups attached to an aromatic ring is 1. The first-order valence-electron chi connectivity index (χ1n) is 2.80. The monoisotopic (exact) mass is 214 g/mol. The molecule has 11 heavy (non-hydrogen) atoms. The molecule has 0 aliphatic rings. The van der Waals surface area contributed by atoms with Gasteiger partial charge in [0.25, 0.3) is 0 Å². The van der Waals surface area contributed by atoms with Crippen molar-refractivity contribution in [1.29, 1.82) is 5.26 Å². The Bertz CT molecular complexity index is 330. The largest absolute Gasteiger partial charge is 0.398 e. The number of nitriles is 1. The van der Waals surface area contributed by atoms with Gasteiger partial charge in [-0.1, -0.05) is 0 Å². The fourth-order valence-corrected chi connectivity index (χ4v) is 1.13. The van der Waals surface area contributed by atoms with Gasteiger partial charge >= 0.3 is 0 Å². The van der Waals surface area contributed by atoms with E-state index in [-0.39, 0.29) is 15.7 Å². The molecule has 1 rings (SSSR count). The number of hydrogen-bond donors (Lipinski definition) is 1. The molecule has 0 saturated heterocycles. The molecule has 0 saturated carbocycles. The number of nitrogens with zero attached hydrogens (tertiary/aromatic N) is 1. The molecule has 0 spiro atoms. The minimum absolute atomic E-state index is 0.125. The summed E-state index contributed by atoms with van der Waals surface area (Å²) in [5.41, 5.74) is 5.80. The Morgan fingerprint density at radius 1 is 1.55 bits per heavy atom. The first-order valence-corrected chi connectivity index (χ1v) is 3.59. The van der Waals surface area contributed by atoms with Crippen molar-refractivity contribution >= 4 is 21.6 Å². The maximum absolute atomic E-state index is 12.7. The zero-order valence-electron chi connectivity index (χ0n) is 5.44. The average Bonchev–Trinajstić information content (AvgIpc) is 1.99. The highest BCUT2D eigenvalue weighted by molar-refractivity contribution is 9.10. The van der Waals surface area contributed by atoms with Crippen LogP contribution in [0.2, 0.25) is 0 Å². The van der Waals surface area contributed by atoms with E-state index >= 15 is 0 Å². The van der Waals surface area contributed by atoms with Gasteiger partial charge in [0.1, 0.15) is 11.9 Å². The highest BCUT2D eigenvalue weighted by Crippen LogP contribution is 2.24. The molecule has 1 aromatic carbocycles. The van der Waals surface area contributed by atoms with E-state index in [4.69, 9.17) is 11.0 Å². The number of benzene rings is 1. The lowest BCUT2D eigenvalue weighted by atomic mass is 10.2. The zero-order chi connectivity index (χ0) is 8.43. The molecule has 0 aliphatic heterocycles. The summed E-state index contributed by atoms with van der Waals surface area (Å²) in [6.45, 7) is 0. The second-order valence-corrected chi connectivity index (χ2v) is 2.73. The molecule has 0 aromatic heterocycles. The first kappa shape index (κ1) is 8.02. The van der Waals surface area contributed by atoms with E-state index < -0.39 is 5.82 Å². The summed E-state index contributed by atoms with van der Waals surface area (Å²) in [6, 6.07) is 4.36. The second-order valence-electron chi connectivity index (χ2n) is 1.94. The van der Waals surface area contributed by atoms with Gasteiger partial charge in [0, 0.05) is 0 Å². The van der Waals surface area contributed by atoms with Crippen LogP contribution in [0.1, 0.15) is 5.56 Å². The Balaban J connectivity index is 3.44. The van der Waals surface area contributed by atoms with Crippen molar-refractivity contribution in [3.63, 3.8) is 0 Å². The van der Waals surface area contributed by atoms with Crippen LogP contribution in [-0.4, -0.2) is 0 Å². The lowest BCUT2D eigenvalue weighted by Crippen LogP contribution is -1.92. The van der Waals surface area contributed by atoms with Gasteiger partial charge in [0.05, 0.1) is 15.7 Å². The van der Waals surface area contributed by atoms with Gasteiger partial charge in [-0.05, 0) is 28.1 Å². The number of rotatable bonds is 0. The molecule has 0 amide bonds. The fraction of sp³-hybridized carbons (Fsp3) is 0. The lowest BCUT2D eigenvalue weighted by Gasteiger charge is -1.99.